The van der Waals surface area contributed by atoms with Gasteiger partial charge in [0.15, 0.2) is 0 Å². The van der Waals surface area contributed by atoms with Crippen molar-refractivity contribution < 1.29 is 23.1 Å². The molecule has 3 heterocycles. The molecule has 2 saturated heterocycles. The highest BCUT2D eigenvalue weighted by molar-refractivity contribution is 6.30. The quantitative estimate of drug-likeness (QED) is 0.616. The zero-order valence-corrected chi connectivity index (χ0v) is 19.7. The number of carbonyl (C=O) groups is 2. The van der Waals surface area contributed by atoms with Crippen molar-refractivity contribution in [3.63, 3.8) is 0 Å². The number of fused-ring (bicyclic) bond motifs is 1. The molecule has 1 saturated carbocycles. The van der Waals surface area contributed by atoms with E-state index in [4.69, 9.17) is 16.3 Å². The number of hydrogen-bond acceptors (Lipinski definition) is 4. The second-order valence-electron chi connectivity index (χ2n) is 9.72. The van der Waals surface area contributed by atoms with Crippen LogP contribution in [-0.2, 0) is 9.53 Å². The zero-order valence-electron chi connectivity index (χ0n) is 18.9. The molecule has 0 spiro atoms. The van der Waals surface area contributed by atoms with Gasteiger partial charge in [-0.2, -0.15) is 0 Å². The van der Waals surface area contributed by atoms with Gasteiger partial charge in [0.1, 0.15) is 17.7 Å². The molecule has 1 aromatic carbocycles. The van der Waals surface area contributed by atoms with E-state index in [2.05, 4.69) is 10.3 Å². The van der Waals surface area contributed by atoms with E-state index >= 15 is 0 Å². The summed E-state index contributed by atoms with van der Waals surface area (Å²) in [4.78, 5) is 32.8. The van der Waals surface area contributed by atoms with Crippen LogP contribution in [0, 0.1) is 23.5 Å². The molecule has 3 fully saturated rings. The number of hydrogen-bond donors (Lipinski definition) is 1. The van der Waals surface area contributed by atoms with E-state index in [-0.39, 0.29) is 46.2 Å². The van der Waals surface area contributed by atoms with Gasteiger partial charge in [0.2, 0.25) is 5.91 Å². The highest BCUT2D eigenvalue weighted by Crippen LogP contribution is 2.48. The van der Waals surface area contributed by atoms with Gasteiger partial charge in [0, 0.05) is 35.0 Å². The van der Waals surface area contributed by atoms with E-state index in [1.165, 1.54) is 0 Å². The lowest BCUT2D eigenvalue weighted by atomic mass is 9.90. The van der Waals surface area contributed by atoms with Crippen molar-refractivity contribution in [1.29, 1.82) is 0 Å². The summed E-state index contributed by atoms with van der Waals surface area (Å²) in [6.45, 7) is 4.65. The Labute approximate surface area is 201 Å². The number of nitrogens with zero attached hydrogens (tertiary/aromatic N) is 2. The SMILES string of the molecule is CC(C)c1cc(C(=O)N2[C@@H](C(=O)NC(c3cc(F)c(Cl)cc3F)C3COC3)C[C@H]3C[C@H]32)ccn1. The minimum Gasteiger partial charge on any atom is -0.381 e. The van der Waals surface area contributed by atoms with E-state index < -0.39 is 23.7 Å². The van der Waals surface area contributed by atoms with Crippen molar-refractivity contribution in [2.24, 2.45) is 11.8 Å². The van der Waals surface area contributed by atoms with Crippen LogP contribution in [0.5, 0.6) is 0 Å². The molecule has 180 valence electrons. The van der Waals surface area contributed by atoms with Crippen molar-refractivity contribution in [2.75, 3.05) is 13.2 Å². The molecule has 34 heavy (non-hydrogen) atoms. The molecule has 1 N–H and O–H groups in total. The molecular formula is C25H26ClF2N3O3. The minimum atomic E-state index is -0.782. The second kappa shape index (κ2) is 8.89. The number of benzene rings is 1. The number of halogens is 3. The Balaban J connectivity index is 1.39. The summed E-state index contributed by atoms with van der Waals surface area (Å²) < 4.78 is 34.1. The van der Waals surface area contributed by atoms with Crippen LogP contribution in [0.1, 0.15) is 60.3 Å². The number of pyridine rings is 1. The monoisotopic (exact) mass is 489 g/mol. The summed E-state index contributed by atoms with van der Waals surface area (Å²) in [5, 5.41) is 2.58. The highest BCUT2D eigenvalue weighted by atomic mass is 35.5. The number of amides is 2. The first kappa shape index (κ1) is 23.2. The molecule has 0 bridgehead atoms. The van der Waals surface area contributed by atoms with Crippen molar-refractivity contribution in [2.45, 2.75) is 50.7 Å². The largest absolute Gasteiger partial charge is 0.381 e. The van der Waals surface area contributed by atoms with Crippen LogP contribution in [0.4, 0.5) is 8.78 Å². The summed E-state index contributed by atoms with van der Waals surface area (Å²) in [6, 6.07) is 3.96. The number of carbonyl (C=O) groups excluding carboxylic acids is 2. The van der Waals surface area contributed by atoms with Crippen LogP contribution in [0.15, 0.2) is 30.5 Å². The third kappa shape index (κ3) is 4.18. The summed E-state index contributed by atoms with van der Waals surface area (Å²) >= 11 is 5.72. The van der Waals surface area contributed by atoms with Crippen LogP contribution >= 0.6 is 11.6 Å². The lowest BCUT2D eigenvalue weighted by molar-refractivity contribution is -0.128. The van der Waals surface area contributed by atoms with E-state index in [0.29, 0.717) is 25.2 Å². The van der Waals surface area contributed by atoms with E-state index in [1.807, 2.05) is 13.8 Å². The fourth-order valence-corrected chi connectivity index (χ4v) is 5.10. The lowest BCUT2D eigenvalue weighted by Crippen LogP contribution is -2.51. The topological polar surface area (TPSA) is 71.5 Å². The van der Waals surface area contributed by atoms with Crippen molar-refractivity contribution in [3.8, 4) is 0 Å². The number of piperidine rings is 1. The Hall–Kier alpha value is -2.58. The van der Waals surface area contributed by atoms with Crippen LogP contribution in [0.2, 0.25) is 5.02 Å². The number of ether oxygens (including phenoxy) is 1. The summed E-state index contributed by atoms with van der Waals surface area (Å²) in [7, 11) is 0. The molecule has 2 aromatic rings. The predicted molar refractivity (Wildman–Crippen MR) is 121 cm³/mol. The van der Waals surface area contributed by atoms with Gasteiger partial charge in [-0.05, 0) is 48.9 Å². The molecule has 0 radical (unpaired) electrons. The maximum Gasteiger partial charge on any atom is 0.254 e. The van der Waals surface area contributed by atoms with Crippen LogP contribution < -0.4 is 5.32 Å². The number of nitrogens with one attached hydrogen (secondary N) is 1. The molecule has 6 nitrogen and oxygen atoms in total. The molecular weight excluding hydrogens is 464 g/mol. The fraction of sp³-hybridized carbons (Fsp3) is 0.480. The Morgan fingerprint density at radius 1 is 1.18 bits per heavy atom. The van der Waals surface area contributed by atoms with E-state index in [1.54, 1.807) is 23.2 Å². The van der Waals surface area contributed by atoms with Gasteiger partial charge >= 0.3 is 0 Å². The molecule has 5 rings (SSSR count). The Morgan fingerprint density at radius 2 is 1.94 bits per heavy atom. The standard InChI is InChI=1S/C25H26ClF2N3O3/c1-12(2)20-5-13(3-4-29-20)25(33)31-21-6-14(21)7-22(31)24(32)30-23(15-10-34-11-15)16-8-19(28)17(26)9-18(16)27/h3-5,8-9,12,14-15,21-23H,6-7,10-11H2,1-2H3,(H,30,32)/t14-,21-,22-,23?/m1/s1. The van der Waals surface area contributed by atoms with Crippen LogP contribution in [0.3, 0.4) is 0 Å². The number of aromatic nitrogens is 1. The normalized spacial score (nSPS) is 24.5. The van der Waals surface area contributed by atoms with E-state index in [0.717, 1.165) is 24.2 Å². The van der Waals surface area contributed by atoms with Crippen molar-refractivity contribution in [3.05, 3.63) is 63.9 Å². The average molecular weight is 490 g/mol. The molecule has 2 aliphatic heterocycles. The first-order valence-corrected chi connectivity index (χ1v) is 11.9. The van der Waals surface area contributed by atoms with Gasteiger partial charge in [-0.25, -0.2) is 8.78 Å². The maximum atomic E-state index is 14.7. The van der Waals surface area contributed by atoms with Gasteiger partial charge < -0.3 is 15.0 Å². The van der Waals surface area contributed by atoms with Crippen molar-refractivity contribution in [1.82, 2.24) is 15.2 Å². The fourth-order valence-electron chi connectivity index (χ4n) is 4.95. The number of rotatable bonds is 6. The summed E-state index contributed by atoms with van der Waals surface area (Å²) in [6.07, 6.45) is 3.03. The second-order valence-corrected chi connectivity index (χ2v) is 10.1. The highest BCUT2D eigenvalue weighted by Gasteiger charge is 2.56. The van der Waals surface area contributed by atoms with Gasteiger partial charge in [-0.1, -0.05) is 25.4 Å². The molecule has 2 amide bonds. The third-order valence-electron chi connectivity index (χ3n) is 7.07. The molecule has 1 unspecified atom stereocenters. The minimum absolute atomic E-state index is 0.0223. The first-order valence-electron chi connectivity index (χ1n) is 11.6. The van der Waals surface area contributed by atoms with Crippen LogP contribution in [-0.4, -0.2) is 47.0 Å². The summed E-state index contributed by atoms with van der Waals surface area (Å²) in [5.74, 6) is -1.78. The molecule has 3 aliphatic rings. The molecule has 1 aliphatic carbocycles. The van der Waals surface area contributed by atoms with Gasteiger partial charge in [0.05, 0.1) is 24.3 Å². The Bertz CT molecular complexity index is 1140. The zero-order chi connectivity index (χ0) is 24.1. The average Bonchev–Trinajstić information content (AvgIpc) is 3.43. The van der Waals surface area contributed by atoms with Gasteiger partial charge in [-0.15, -0.1) is 0 Å². The summed E-state index contributed by atoms with van der Waals surface area (Å²) in [5.41, 5.74) is 1.34. The van der Waals surface area contributed by atoms with Gasteiger partial charge in [-0.3, -0.25) is 14.6 Å². The van der Waals surface area contributed by atoms with Gasteiger partial charge in [0.25, 0.3) is 5.91 Å². The molecule has 9 heteroatoms. The Morgan fingerprint density at radius 3 is 2.62 bits per heavy atom. The maximum absolute atomic E-state index is 14.7. The van der Waals surface area contributed by atoms with E-state index in [9.17, 15) is 18.4 Å². The first-order chi connectivity index (χ1) is 16.2. The predicted octanol–water partition coefficient (Wildman–Crippen LogP) is 4.24. The Kier molecular flexibility index (Phi) is 6.06. The third-order valence-corrected chi connectivity index (χ3v) is 7.36. The lowest BCUT2D eigenvalue weighted by Gasteiger charge is -2.36. The van der Waals surface area contributed by atoms with Crippen molar-refractivity contribution >= 4 is 23.4 Å². The number of likely N-dealkylation sites (tertiary alicyclic amines) is 1. The smallest absolute Gasteiger partial charge is 0.254 e. The van der Waals surface area contributed by atoms with Crippen LogP contribution in [0.25, 0.3) is 0 Å². The molecule has 4 atom stereocenters. The molecule has 1 aromatic heterocycles.